The molecule has 0 saturated carbocycles. The summed E-state index contributed by atoms with van der Waals surface area (Å²) in [4.78, 5) is 47.0. The van der Waals surface area contributed by atoms with Crippen LogP contribution in [-0.4, -0.2) is 40.2 Å². The van der Waals surface area contributed by atoms with Crippen LogP contribution in [0.4, 0.5) is 22.9 Å². The molecule has 0 aliphatic carbocycles. The Balaban J connectivity index is 1.49. The number of benzene rings is 1. The first-order chi connectivity index (χ1) is 17.4. The molecule has 2 aromatic heterocycles. The van der Waals surface area contributed by atoms with Crippen LogP contribution in [0.3, 0.4) is 0 Å². The Hall–Kier alpha value is -4.27. The molecule has 36 heavy (non-hydrogen) atoms. The molecule has 3 N–H and O–H groups in total. The van der Waals surface area contributed by atoms with Gasteiger partial charge in [0.05, 0.1) is 0 Å². The van der Waals surface area contributed by atoms with Crippen LogP contribution in [-0.2, 0) is 11.2 Å². The molecular formula is C27H29N5O4. The smallest absolute Gasteiger partial charge is 0.326 e. The van der Waals surface area contributed by atoms with Gasteiger partial charge < -0.3 is 20.6 Å². The highest BCUT2D eigenvalue weighted by Gasteiger charge is 2.29. The normalized spacial score (nSPS) is 11.9. The molecule has 2 aromatic carbocycles. The molecule has 4 aromatic rings. The summed E-state index contributed by atoms with van der Waals surface area (Å²) in [5.41, 5.74) is 0.741. The summed E-state index contributed by atoms with van der Waals surface area (Å²) < 4.78 is 0. The van der Waals surface area contributed by atoms with Crippen molar-refractivity contribution in [2.24, 2.45) is 0 Å². The van der Waals surface area contributed by atoms with Gasteiger partial charge in [-0.1, -0.05) is 26.0 Å². The van der Waals surface area contributed by atoms with Crippen LogP contribution < -0.4 is 26.4 Å². The van der Waals surface area contributed by atoms with Crippen molar-refractivity contribution in [2.75, 3.05) is 28.6 Å². The molecule has 186 valence electrons. The fraction of sp³-hybridized carbons (Fsp3) is 0.296. The number of nitrogens with one attached hydrogen (secondary N) is 2. The van der Waals surface area contributed by atoms with Crippen molar-refractivity contribution in [1.82, 2.24) is 9.97 Å². The van der Waals surface area contributed by atoms with E-state index in [4.69, 9.17) is 0 Å². The zero-order valence-electron chi connectivity index (χ0n) is 20.3. The van der Waals surface area contributed by atoms with Gasteiger partial charge in [0.25, 0.3) is 10.9 Å². The number of aliphatic carboxylic acids is 1. The monoisotopic (exact) mass is 487 g/mol. The van der Waals surface area contributed by atoms with Gasteiger partial charge in [0.2, 0.25) is 0 Å². The van der Waals surface area contributed by atoms with E-state index in [1.807, 2.05) is 55.1 Å². The molecule has 0 bridgehead atoms. The van der Waals surface area contributed by atoms with E-state index in [1.165, 1.54) is 0 Å². The predicted molar refractivity (Wildman–Crippen MR) is 142 cm³/mol. The van der Waals surface area contributed by atoms with Gasteiger partial charge in [0.15, 0.2) is 0 Å². The number of fused-ring (bicyclic) bond motifs is 1. The summed E-state index contributed by atoms with van der Waals surface area (Å²) in [5.74, 6) is -0.420. The Morgan fingerprint density at radius 2 is 1.69 bits per heavy atom. The molecule has 0 amide bonds. The third-order valence-corrected chi connectivity index (χ3v) is 6.03. The minimum Gasteiger partial charge on any atom is -0.480 e. The van der Waals surface area contributed by atoms with Gasteiger partial charge in [-0.15, -0.1) is 0 Å². The highest BCUT2D eigenvalue weighted by Crippen LogP contribution is 2.25. The molecule has 9 heteroatoms. The van der Waals surface area contributed by atoms with Gasteiger partial charge in [-0.25, -0.2) is 9.78 Å². The van der Waals surface area contributed by atoms with Crippen LogP contribution in [0.5, 0.6) is 0 Å². The topological polar surface area (TPSA) is 125 Å². The lowest BCUT2D eigenvalue weighted by Gasteiger charge is -2.28. The van der Waals surface area contributed by atoms with Gasteiger partial charge >= 0.3 is 5.97 Å². The number of hydrogen-bond acceptors (Lipinski definition) is 8. The van der Waals surface area contributed by atoms with Crippen LogP contribution in [0.15, 0.2) is 64.6 Å². The van der Waals surface area contributed by atoms with Gasteiger partial charge in [-0.2, -0.15) is 0 Å². The van der Waals surface area contributed by atoms with Crippen molar-refractivity contribution in [3.05, 3.63) is 81.0 Å². The van der Waals surface area contributed by atoms with Crippen molar-refractivity contribution in [3.63, 3.8) is 0 Å². The number of carbonyl (C=O) groups is 1. The fourth-order valence-electron chi connectivity index (χ4n) is 4.27. The second-order valence-electron chi connectivity index (χ2n) is 8.69. The summed E-state index contributed by atoms with van der Waals surface area (Å²) >= 11 is 0. The second kappa shape index (κ2) is 11.0. The van der Waals surface area contributed by atoms with Crippen LogP contribution in [0.2, 0.25) is 0 Å². The fourth-order valence-corrected chi connectivity index (χ4v) is 4.27. The van der Waals surface area contributed by atoms with Crippen molar-refractivity contribution in [1.29, 1.82) is 0 Å². The number of nitrogens with zero attached hydrogens (tertiary/aromatic N) is 3. The van der Waals surface area contributed by atoms with Gasteiger partial charge in [0.1, 0.15) is 23.2 Å². The number of carboxylic acid groups (broad SMARTS) is 1. The minimum absolute atomic E-state index is 0.100. The molecule has 4 rings (SSSR count). The third kappa shape index (κ3) is 5.19. The van der Waals surface area contributed by atoms with Crippen molar-refractivity contribution in [3.8, 4) is 0 Å². The van der Waals surface area contributed by atoms with E-state index >= 15 is 0 Å². The number of aromatic nitrogens is 2. The molecule has 0 aliphatic rings. The number of pyridine rings is 2. The van der Waals surface area contributed by atoms with E-state index in [0.29, 0.717) is 24.6 Å². The number of anilines is 4. The highest BCUT2D eigenvalue weighted by atomic mass is 16.4. The van der Waals surface area contributed by atoms with E-state index in [1.54, 1.807) is 18.6 Å². The Kier molecular flexibility index (Phi) is 7.58. The van der Waals surface area contributed by atoms with Crippen molar-refractivity contribution in [2.45, 2.75) is 39.2 Å². The maximum absolute atomic E-state index is 12.3. The van der Waals surface area contributed by atoms with Crippen molar-refractivity contribution >= 4 is 39.6 Å². The molecule has 0 aliphatic heterocycles. The first-order valence-corrected chi connectivity index (χ1v) is 12.0. The van der Waals surface area contributed by atoms with Crippen LogP contribution in [0.25, 0.3) is 10.8 Å². The van der Waals surface area contributed by atoms with Crippen molar-refractivity contribution < 1.29 is 9.90 Å². The Labute approximate surface area is 208 Å². The quantitative estimate of drug-likeness (QED) is 0.257. The van der Waals surface area contributed by atoms with E-state index in [9.17, 15) is 19.5 Å². The SMILES string of the molecule is CCCN(CCC)c1c(N[C@@H](Cc2ccc(Nc3nccc4ccncc34)cc2)C(=O)O)c(=O)c1=O. The summed E-state index contributed by atoms with van der Waals surface area (Å²) in [7, 11) is 0. The average Bonchev–Trinajstić information content (AvgIpc) is 2.88. The predicted octanol–water partition coefficient (Wildman–Crippen LogP) is 3.70. The first kappa shape index (κ1) is 24.8. The van der Waals surface area contributed by atoms with Crippen LogP contribution in [0.1, 0.15) is 32.3 Å². The van der Waals surface area contributed by atoms with Crippen LogP contribution in [0, 0.1) is 0 Å². The lowest BCUT2D eigenvalue weighted by Crippen LogP contribution is -2.46. The van der Waals surface area contributed by atoms with E-state index in [0.717, 1.165) is 34.9 Å². The van der Waals surface area contributed by atoms with Gasteiger partial charge in [0, 0.05) is 49.2 Å². The zero-order chi connectivity index (χ0) is 25.7. The Morgan fingerprint density at radius 1 is 1.00 bits per heavy atom. The number of hydrogen-bond donors (Lipinski definition) is 3. The maximum Gasteiger partial charge on any atom is 0.326 e. The molecular weight excluding hydrogens is 458 g/mol. The molecule has 9 nitrogen and oxygen atoms in total. The standard InChI is InChI=1S/C27H29N5O4/c1-3-13-32(14-4-2)23-22(24(33)25(23)34)31-21(27(35)36)15-17-5-7-19(8-6-17)30-26-20-16-28-11-9-18(20)10-12-29-26/h5-12,16,21,31H,3-4,13-15H2,1-2H3,(H,29,30)(H,35,36)/t21-/m0/s1. The molecule has 0 spiro atoms. The number of carboxylic acids is 1. The van der Waals surface area contributed by atoms with E-state index < -0.39 is 22.9 Å². The molecule has 0 fully saturated rings. The summed E-state index contributed by atoms with van der Waals surface area (Å²) in [6, 6.07) is 10.1. The first-order valence-electron chi connectivity index (χ1n) is 12.0. The number of rotatable bonds is 12. The summed E-state index contributed by atoms with van der Waals surface area (Å²) in [6.07, 6.45) is 6.97. The minimum atomic E-state index is -1.10. The largest absolute Gasteiger partial charge is 0.480 e. The average molecular weight is 488 g/mol. The Morgan fingerprint density at radius 3 is 2.36 bits per heavy atom. The van der Waals surface area contributed by atoms with Crippen LogP contribution >= 0.6 is 0 Å². The molecule has 2 heterocycles. The lowest BCUT2D eigenvalue weighted by atomic mass is 10.0. The maximum atomic E-state index is 12.3. The Bertz CT molecular complexity index is 1420. The van der Waals surface area contributed by atoms with E-state index in [2.05, 4.69) is 20.6 Å². The molecule has 0 radical (unpaired) electrons. The third-order valence-electron chi connectivity index (χ3n) is 6.03. The zero-order valence-corrected chi connectivity index (χ0v) is 20.3. The summed E-state index contributed by atoms with van der Waals surface area (Å²) in [6.45, 7) is 5.24. The molecule has 1 atom stereocenters. The lowest BCUT2D eigenvalue weighted by molar-refractivity contribution is -0.137. The van der Waals surface area contributed by atoms with Gasteiger partial charge in [-0.3, -0.25) is 14.6 Å². The van der Waals surface area contributed by atoms with Gasteiger partial charge in [-0.05, 0) is 48.1 Å². The summed E-state index contributed by atoms with van der Waals surface area (Å²) in [5, 5.41) is 17.8. The van der Waals surface area contributed by atoms with E-state index in [-0.39, 0.29) is 12.1 Å². The molecule has 0 saturated heterocycles. The second-order valence-corrected chi connectivity index (χ2v) is 8.69. The highest BCUT2D eigenvalue weighted by molar-refractivity contribution is 5.92. The molecule has 0 unspecified atom stereocenters.